The van der Waals surface area contributed by atoms with Crippen LogP contribution in [0, 0.1) is 0 Å². The van der Waals surface area contributed by atoms with Gasteiger partial charge in [0.2, 0.25) is 0 Å². The van der Waals surface area contributed by atoms with Gasteiger partial charge in [0.05, 0.1) is 0 Å². The minimum absolute atomic E-state index is 0.496. The second-order valence-electron chi connectivity index (χ2n) is 3.13. The van der Waals surface area contributed by atoms with E-state index in [-0.39, 0.29) is 0 Å². The summed E-state index contributed by atoms with van der Waals surface area (Å²) in [4.78, 5) is 8.42. The molecule has 0 amide bonds. The van der Waals surface area contributed by atoms with Gasteiger partial charge in [-0.15, -0.1) is 0 Å². The average molecular weight is 226 g/mol. The van der Waals surface area contributed by atoms with E-state index in [0.717, 1.165) is 31.0 Å². The van der Waals surface area contributed by atoms with Gasteiger partial charge in [0, 0.05) is 19.0 Å². The quantitative estimate of drug-likeness (QED) is 0.476. The van der Waals surface area contributed by atoms with Gasteiger partial charge in [-0.25, -0.2) is 9.97 Å². The number of aromatic nitrogens is 2. The predicted octanol–water partition coefficient (Wildman–Crippen LogP) is 3.07. The molecule has 1 aromatic heterocycles. The van der Waals surface area contributed by atoms with Crippen molar-refractivity contribution in [3.63, 3.8) is 0 Å². The molecule has 0 fully saturated rings. The summed E-state index contributed by atoms with van der Waals surface area (Å²) in [6.07, 6.45) is 5.92. The Morgan fingerprint density at radius 2 is 2.27 bits per heavy atom. The largest absolute Gasteiger partial charge is 0.370 e. The average Bonchev–Trinajstić information content (AvgIpc) is 2.23. The summed E-state index contributed by atoms with van der Waals surface area (Å²) < 4.78 is 0. The number of hydrogen-bond donors (Lipinski definition) is 1. The third-order valence-electron chi connectivity index (χ3n) is 1.91. The maximum Gasteiger partial charge on any atom is 0.134 e. The molecule has 1 aromatic rings. The predicted molar refractivity (Wildman–Crippen MR) is 64.3 cm³/mol. The van der Waals surface area contributed by atoms with Gasteiger partial charge in [-0.05, 0) is 13.3 Å². The number of rotatable bonds is 5. The zero-order valence-electron chi connectivity index (χ0n) is 9.13. The Bertz CT molecular complexity index is 337. The summed E-state index contributed by atoms with van der Waals surface area (Å²) in [5, 5.41) is 3.70. The summed E-state index contributed by atoms with van der Waals surface area (Å²) in [7, 11) is 0. The highest BCUT2D eigenvalue weighted by Gasteiger charge is 2.00. The molecule has 0 atom stereocenters. The molecule has 0 radical (unpaired) electrons. The van der Waals surface area contributed by atoms with E-state index in [1.807, 2.05) is 19.9 Å². The topological polar surface area (TPSA) is 37.8 Å². The van der Waals surface area contributed by atoms with E-state index >= 15 is 0 Å². The summed E-state index contributed by atoms with van der Waals surface area (Å²) in [5.41, 5.74) is 0. The Hall–Kier alpha value is -1.09. The Labute approximate surface area is 95.6 Å². The van der Waals surface area contributed by atoms with Crippen LogP contribution >= 0.6 is 11.6 Å². The van der Waals surface area contributed by atoms with E-state index in [0.29, 0.717) is 5.15 Å². The van der Waals surface area contributed by atoms with Crippen LogP contribution < -0.4 is 5.32 Å². The zero-order chi connectivity index (χ0) is 11.1. The highest BCUT2D eigenvalue weighted by Crippen LogP contribution is 2.11. The molecule has 0 spiro atoms. The Morgan fingerprint density at radius 1 is 1.47 bits per heavy atom. The SMILES string of the molecule is C/C=C/CCNc1cc(Cl)nc(CC)n1. The van der Waals surface area contributed by atoms with E-state index < -0.39 is 0 Å². The fourth-order valence-corrected chi connectivity index (χ4v) is 1.36. The molecule has 15 heavy (non-hydrogen) atoms. The maximum absolute atomic E-state index is 5.86. The first-order valence-corrected chi connectivity index (χ1v) is 5.52. The zero-order valence-corrected chi connectivity index (χ0v) is 9.88. The molecule has 1 N–H and O–H groups in total. The Kier molecular flexibility index (Phi) is 5.12. The van der Waals surface area contributed by atoms with Gasteiger partial charge in [0.1, 0.15) is 16.8 Å². The first-order valence-electron chi connectivity index (χ1n) is 5.14. The second-order valence-corrected chi connectivity index (χ2v) is 3.52. The second kappa shape index (κ2) is 6.40. The lowest BCUT2D eigenvalue weighted by Crippen LogP contribution is -2.05. The summed E-state index contributed by atoms with van der Waals surface area (Å²) >= 11 is 5.86. The highest BCUT2D eigenvalue weighted by atomic mass is 35.5. The van der Waals surface area contributed by atoms with Crippen LogP contribution in [0.3, 0.4) is 0 Å². The van der Waals surface area contributed by atoms with Crippen molar-refractivity contribution < 1.29 is 0 Å². The molecular weight excluding hydrogens is 210 g/mol. The molecule has 3 nitrogen and oxygen atoms in total. The van der Waals surface area contributed by atoms with Crippen LogP contribution in [0.5, 0.6) is 0 Å². The monoisotopic (exact) mass is 225 g/mol. The molecular formula is C11H16ClN3. The van der Waals surface area contributed by atoms with Gasteiger partial charge in [-0.1, -0.05) is 30.7 Å². The molecule has 82 valence electrons. The number of anilines is 1. The van der Waals surface area contributed by atoms with Crippen LogP contribution in [0.4, 0.5) is 5.82 Å². The molecule has 0 unspecified atom stereocenters. The van der Waals surface area contributed by atoms with Crippen LogP contribution in [-0.4, -0.2) is 16.5 Å². The number of allylic oxidation sites excluding steroid dienone is 1. The molecule has 0 bridgehead atoms. The first kappa shape index (κ1) is 12.0. The number of nitrogens with one attached hydrogen (secondary N) is 1. The van der Waals surface area contributed by atoms with Crippen LogP contribution in [0.25, 0.3) is 0 Å². The van der Waals surface area contributed by atoms with Crippen LogP contribution in [0.15, 0.2) is 18.2 Å². The van der Waals surface area contributed by atoms with Crippen molar-refractivity contribution in [2.75, 3.05) is 11.9 Å². The van der Waals surface area contributed by atoms with E-state index in [4.69, 9.17) is 11.6 Å². The van der Waals surface area contributed by atoms with Crippen molar-refractivity contribution in [2.45, 2.75) is 26.7 Å². The Morgan fingerprint density at radius 3 is 2.93 bits per heavy atom. The fourth-order valence-electron chi connectivity index (χ4n) is 1.16. The van der Waals surface area contributed by atoms with E-state index in [1.165, 1.54) is 0 Å². The minimum Gasteiger partial charge on any atom is -0.370 e. The van der Waals surface area contributed by atoms with E-state index in [1.54, 1.807) is 6.07 Å². The third-order valence-corrected chi connectivity index (χ3v) is 2.10. The number of hydrogen-bond acceptors (Lipinski definition) is 3. The number of aryl methyl sites for hydroxylation is 1. The van der Waals surface area contributed by atoms with Crippen molar-refractivity contribution in [2.24, 2.45) is 0 Å². The van der Waals surface area contributed by atoms with Gasteiger partial charge < -0.3 is 5.32 Å². The van der Waals surface area contributed by atoms with Crippen LogP contribution in [-0.2, 0) is 6.42 Å². The van der Waals surface area contributed by atoms with Crippen molar-refractivity contribution in [1.29, 1.82) is 0 Å². The number of halogens is 1. The molecule has 0 saturated carbocycles. The molecule has 0 aliphatic rings. The lowest BCUT2D eigenvalue weighted by Gasteiger charge is -2.05. The van der Waals surface area contributed by atoms with Gasteiger partial charge in [0.15, 0.2) is 0 Å². The first-order chi connectivity index (χ1) is 7.26. The molecule has 0 saturated heterocycles. The summed E-state index contributed by atoms with van der Waals surface area (Å²) in [5.74, 6) is 1.58. The fraction of sp³-hybridized carbons (Fsp3) is 0.455. The molecule has 0 aromatic carbocycles. The number of nitrogens with zero attached hydrogens (tertiary/aromatic N) is 2. The summed E-state index contributed by atoms with van der Waals surface area (Å²) in [6.45, 7) is 4.88. The van der Waals surface area contributed by atoms with Crippen LogP contribution in [0.1, 0.15) is 26.1 Å². The van der Waals surface area contributed by atoms with Gasteiger partial charge in [0.25, 0.3) is 0 Å². The van der Waals surface area contributed by atoms with Gasteiger partial charge in [-0.2, -0.15) is 0 Å². The molecule has 1 heterocycles. The van der Waals surface area contributed by atoms with Crippen molar-refractivity contribution in [3.05, 3.63) is 29.2 Å². The lowest BCUT2D eigenvalue weighted by molar-refractivity contribution is 0.929. The minimum atomic E-state index is 0.496. The standard InChI is InChI=1S/C11H16ClN3/c1-3-5-6-7-13-11-8-9(12)14-10(4-2)15-11/h3,5,8H,4,6-7H2,1-2H3,(H,13,14,15)/b5-3+. The smallest absolute Gasteiger partial charge is 0.134 e. The van der Waals surface area contributed by atoms with Crippen LogP contribution in [0.2, 0.25) is 5.15 Å². The van der Waals surface area contributed by atoms with Crippen molar-refractivity contribution >= 4 is 17.4 Å². The van der Waals surface area contributed by atoms with Crippen molar-refractivity contribution in [1.82, 2.24) is 9.97 Å². The van der Waals surface area contributed by atoms with Crippen molar-refractivity contribution in [3.8, 4) is 0 Å². The maximum atomic E-state index is 5.86. The third kappa shape index (κ3) is 4.30. The van der Waals surface area contributed by atoms with Gasteiger partial charge >= 0.3 is 0 Å². The highest BCUT2D eigenvalue weighted by molar-refractivity contribution is 6.29. The normalized spacial score (nSPS) is 10.9. The molecule has 0 aliphatic heterocycles. The Balaban J connectivity index is 2.56. The molecule has 1 rings (SSSR count). The molecule has 4 heteroatoms. The summed E-state index contributed by atoms with van der Waals surface area (Å²) in [6, 6.07) is 1.75. The van der Waals surface area contributed by atoms with Gasteiger partial charge in [-0.3, -0.25) is 0 Å². The van der Waals surface area contributed by atoms with E-state index in [2.05, 4.69) is 21.4 Å². The lowest BCUT2D eigenvalue weighted by atomic mass is 10.4. The molecule has 0 aliphatic carbocycles. The van der Waals surface area contributed by atoms with E-state index in [9.17, 15) is 0 Å².